The minimum absolute atomic E-state index is 0.463. The summed E-state index contributed by atoms with van der Waals surface area (Å²) in [5, 5.41) is 11.4. The Morgan fingerprint density at radius 3 is 2.53 bits per heavy atom. The summed E-state index contributed by atoms with van der Waals surface area (Å²) in [6.45, 7) is 2.04. The normalized spacial score (nSPS) is 16.4. The van der Waals surface area contributed by atoms with Crippen molar-refractivity contribution in [2.75, 3.05) is 6.26 Å². The van der Waals surface area contributed by atoms with Crippen LogP contribution in [0, 0.1) is 6.92 Å². The maximum Gasteiger partial charge on any atom is 0.247 e. The Balaban J connectivity index is 1.67. The van der Waals surface area contributed by atoms with Crippen molar-refractivity contribution in [3.8, 4) is 16.9 Å². The molecule has 0 amide bonds. The lowest BCUT2D eigenvalue weighted by Crippen LogP contribution is -2.26. The van der Waals surface area contributed by atoms with Crippen molar-refractivity contribution in [3.63, 3.8) is 0 Å². The van der Waals surface area contributed by atoms with E-state index < -0.39 is 16.1 Å². The molecule has 4 aromatic rings. The van der Waals surface area contributed by atoms with Gasteiger partial charge in [0.25, 0.3) is 0 Å². The van der Waals surface area contributed by atoms with Crippen LogP contribution in [0.3, 0.4) is 0 Å². The summed E-state index contributed by atoms with van der Waals surface area (Å²) < 4.78 is 28.5. The topological polar surface area (TPSA) is 67.6 Å². The van der Waals surface area contributed by atoms with Gasteiger partial charge < -0.3 is 0 Å². The maximum atomic E-state index is 12.7. The Morgan fingerprint density at radius 1 is 1.03 bits per heavy atom. The van der Waals surface area contributed by atoms with Crippen molar-refractivity contribution in [2.45, 2.75) is 19.4 Å². The Hall–Kier alpha value is -3.23. The second-order valence-electron chi connectivity index (χ2n) is 7.86. The smallest absolute Gasteiger partial charge is 0.240 e. The van der Waals surface area contributed by atoms with Crippen LogP contribution < -0.4 is 0 Å². The minimum atomic E-state index is -3.57. The average molecular weight is 463 g/mol. The number of aryl methyl sites for hydroxylation is 1. The second-order valence-corrected chi connectivity index (χ2v) is 10.6. The number of hydrogen-bond acceptors (Lipinski definition) is 5. The molecular weight excluding hydrogens is 440 g/mol. The van der Waals surface area contributed by atoms with Crippen molar-refractivity contribution in [2.24, 2.45) is 5.10 Å². The van der Waals surface area contributed by atoms with Crippen LogP contribution in [0.15, 0.2) is 83.4 Å². The van der Waals surface area contributed by atoms with Gasteiger partial charge in [-0.2, -0.15) is 14.6 Å². The number of thiophene rings is 1. The highest BCUT2D eigenvalue weighted by molar-refractivity contribution is 7.88. The number of para-hydroxylation sites is 1. The molecule has 2 aromatic heterocycles. The molecule has 1 aliphatic rings. The summed E-state index contributed by atoms with van der Waals surface area (Å²) in [4.78, 5) is 0.980. The summed E-state index contributed by atoms with van der Waals surface area (Å²) in [5.74, 6) is 0. The highest BCUT2D eigenvalue weighted by atomic mass is 32.2. The lowest BCUT2D eigenvalue weighted by molar-refractivity contribution is 0.375. The van der Waals surface area contributed by atoms with E-state index in [-0.39, 0.29) is 0 Å². The lowest BCUT2D eigenvalue weighted by Gasteiger charge is -2.21. The first-order valence-electron chi connectivity index (χ1n) is 10.2. The van der Waals surface area contributed by atoms with Crippen molar-refractivity contribution >= 4 is 27.1 Å². The number of rotatable bonds is 5. The van der Waals surface area contributed by atoms with Gasteiger partial charge in [0.1, 0.15) is 0 Å². The first-order valence-corrected chi connectivity index (χ1v) is 13.0. The predicted molar refractivity (Wildman–Crippen MR) is 129 cm³/mol. The molecule has 0 spiro atoms. The van der Waals surface area contributed by atoms with Gasteiger partial charge in [0.15, 0.2) is 0 Å². The summed E-state index contributed by atoms with van der Waals surface area (Å²) in [6.07, 6.45) is 3.63. The standard InChI is InChI=1S/C24H22N4O2S2/c1-17-8-6-9-18(14-17)24-20(16-27(26-24)19-10-4-3-5-11-19)22-15-21(23-12-7-13-31-23)25-28(22)32(2,29)30/h3-14,16,22H,15H2,1-2H3/t22-/m0/s1. The second kappa shape index (κ2) is 8.03. The quantitative estimate of drug-likeness (QED) is 0.418. The van der Waals surface area contributed by atoms with Crippen molar-refractivity contribution < 1.29 is 8.42 Å². The van der Waals surface area contributed by atoms with Gasteiger partial charge >= 0.3 is 0 Å². The van der Waals surface area contributed by atoms with Gasteiger partial charge in [-0.1, -0.05) is 48.0 Å². The SMILES string of the molecule is Cc1cccc(-c2nn(-c3ccccc3)cc2[C@@H]2CC(c3cccs3)=NN2S(C)(=O)=O)c1. The number of sulfonamides is 1. The highest BCUT2D eigenvalue weighted by Gasteiger charge is 2.37. The third-order valence-electron chi connectivity index (χ3n) is 5.43. The zero-order valence-corrected chi connectivity index (χ0v) is 19.3. The molecule has 0 saturated heterocycles. The number of hydrogen-bond donors (Lipinski definition) is 0. The van der Waals surface area contributed by atoms with Gasteiger partial charge in [0, 0.05) is 23.7 Å². The Morgan fingerprint density at radius 2 is 1.84 bits per heavy atom. The molecule has 3 heterocycles. The number of benzene rings is 2. The van der Waals surface area contributed by atoms with E-state index in [1.807, 2.05) is 83.8 Å². The maximum absolute atomic E-state index is 12.7. The molecule has 8 heteroatoms. The fourth-order valence-corrected chi connectivity index (χ4v) is 5.60. The largest absolute Gasteiger partial charge is 0.247 e. The van der Waals surface area contributed by atoms with Crippen LogP contribution in [0.2, 0.25) is 0 Å². The molecule has 0 bridgehead atoms. The molecule has 162 valence electrons. The molecule has 1 aliphatic heterocycles. The van der Waals surface area contributed by atoms with Crippen LogP contribution in [0.25, 0.3) is 16.9 Å². The fourth-order valence-electron chi connectivity index (χ4n) is 3.98. The van der Waals surface area contributed by atoms with Gasteiger partial charge in [-0.15, -0.1) is 11.3 Å². The predicted octanol–water partition coefficient (Wildman–Crippen LogP) is 5.02. The van der Waals surface area contributed by atoms with Crippen molar-refractivity contribution in [1.82, 2.24) is 14.2 Å². The summed E-state index contributed by atoms with van der Waals surface area (Å²) >= 11 is 1.56. The highest BCUT2D eigenvalue weighted by Crippen LogP contribution is 2.40. The van der Waals surface area contributed by atoms with E-state index in [1.165, 1.54) is 10.7 Å². The van der Waals surface area contributed by atoms with E-state index in [0.29, 0.717) is 6.42 Å². The van der Waals surface area contributed by atoms with Crippen LogP contribution in [0.4, 0.5) is 0 Å². The zero-order chi connectivity index (χ0) is 22.3. The van der Waals surface area contributed by atoms with Crippen LogP contribution in [-0.4, -0.2) is 34.6 Å². The Labute approximate surface area is 191 Å². The van der Waals surface area contributed by atoms with Crippen molar-refractivity contribution in [3.05, 3.63) is 94.3 Å². The van der Waals surface area contributed by atoms with Crippen LogP contribution in [0.5, 0.6) is 0 Å². The first kappa shape index (κ1) is 20.7. The number of aromatic nitrogens is 2. The monoisotopic (exact) mass is 462 g/mol. The Kier molecular flexibility index (Phi) is 5.19. The van der Waals surface area contributed by atoms with Crippen molar-refractivity contribution in [1.29, 1.82) is 0 Å². The molecule has 0 fully saturated rings. The minimum Gasteiger partial charge on any atom is -0.240 e. The van der Waals surface area contributed by atoms with E-state index in [2.05, 4.69) is 11.2 Å². The number of nitrogens with zero attached hydrogens (tertiary/aromatic N) is 4. The fraction of sp³-hybridized carbons (Fsp3) is 0.167. The van der Waals surface area contributed by atoms with Gasteiger partial charge in [0.2, 0.25) is 10.0 Å². The number of hydrazone groups is 1. The van der Waals surface area contributed by atoms with E-state index in [9.17, 15) is 8.42 Å². The van der Waals surface area contributed by atoms with Gasteiger partial charge in [-0.25, -0.2) is 13.1 Å². The molecule has 0 radical (unpaired) electrons. The van der Waals surface area contributed by atoms with E-state index in [0.717, 1.165) is 38.7 Å². The molecule has 0 N–H and O–H groups in total. The lowest BCUT2D eigenvalue weighted by atomic mass is 9.98. The summed E-state index contributed by atoms with van der Waals surface area (Å²) in [7, 11) is -3.57. The summed E-state index contributed by atoms with van der Waals surface area (Å²) in [5.41, 5.74) is 5.35. The molecule has 0 aliphatic carbocycles. The van der Waals surface area contributed by atoms with E-state index in [4.69, 9.17) is 5.10 Å². The van der Waals surface area contributed by atoms with E-state index >= 15 is 0 Å². The van der Waals surface area contributed by atoms with Gasteiger partial charge in [0.05, 0.1) is 34.3 Å². The molecule has 2 aromatic carbocycles. The molecule has 5 rings (SSSR count). The average Bonchev–Trinajstić information content (AvgIpc) is 3.52. The first-order chi connectivity index (χ1) is 15.4. The van der Waals surface area contributed by atoms with Crippen LogP contribution in [-0.2, 0) is 10.0 Å². The van der Waals surface area contributed by atoms with E-state index in [1.54, 1.807) is 11.3 Å². The molecular formula is C24H22N4O2S2. The van der Waals surface area contributed by atoms with Crippen LogP contribution >= 0.6 is 11.3 Å². The zero-order valence-electron chi connectivity index (χ0n) is 17.7. The third-order valence-corrected chi connectivity index (χ3v) is 7.37. The van der Waals surface area contributed by atoms with Gasteiger partial charge in [-0.05, 0) is 36.6 Å². The van der Waals surface area contributed by atoms with Gasteiger partial charge in [-0.3, -0.25) is 0 Å². The Bertz CT molecular complexity index is 1390. The molecule has 32 heavy (non-hydrogen) atoms. The summed E-state index contributed by atoms with van der Waals surface area (Å²) in [6, 6.07) is 21.4. The molecule has 0 saturated carbocycles. The van der Waals surface area contributed by atoms with Crippen LogP contribution in [0.1, 0.15) is 28.5 Å². The molecule has 6 nitrogen and oxygen atoms in total. The third kappa shape index (κ3) is 3.87. The molecule has 1 atom stereocenters. The molecule has 0 unspecified atom stereocenters.